The number of hydrogen-bond donors (Lipinski definition) is 2. The molecule has 0 aliphatic heterocycles. The molecule has 2 heterocycles. The summed E-state index contributed by atoms with van der Waals surface area (Å²) in [5.74, 6) is -1.16. The predicted octanol–water partition coefficient (Wildman–Crippen LogP) is 1.80. The lowest BCUT2D eigenvalue weighted by Gasteiger charge is -2.33. The summed E-state index contributed by atoms with van der Waals surface area (Å²) >= 11 is 0. The van der Waals surface area contributed by atoms with E-state index in [2.05, 4.69) is 15.4 Å². The largest absolute Gasteiger partial charge is 0.481 e. The van der Waals surface area contributed by atoms with Crippen LogP contribution in [0.5, 0.6) is 0 Å². The van der Waals surface area contributed by atoms with Gasteiger partial charge in [0.15, 0.2) is 5.65 Å². The van der Waals surface area contributed by atoms with Crippen molar-refractivity contribution in [3.63, 3.8) is 0 Å². The van der Waals surface area contributed by atoms with Crippen LogP contribution in [0.4, 0.5) is 0 Å². The molecule has 0 bridgehead atoms. The number of hydrogen-bond acceptors (Lipinski definition) is 4. The molecule has 1 amide bonds. The molecule has 122 valence electrons. The van der Waals surface area contributed by atoms with Gasteiger partial charge in [-0.3, -0.25) is 9.59 Å². The molecule has 0 atom stereocenters. The minimum Gasteiger partial charge on any atom is -0.481 e. The number of carbonyl (C=O) groups is 2. The van der Waals surface area contributed by atoms with E-state index in [4.69, 9.17) is 0 Å². The molecule has 0 spiro atoms. The zero-order valence-corrected chi connectivity index (χ0v) is 13.1. The minimum atomic E-state index is -0.847. The number of carbonyl (C=O) groups excluding carboxylic acids is 1. The lowest BCUT2D eigenvalue weighted by molar-refractivity contribution is -0.150. The Morgan fingerprint density at radius 3 is 2.78 bits per heavy atom. The molecule has 1 aliphatic rings. The summed E-state index contributed by atoms with van der Waals surface area (Å²) in [7, 11) is 0. The molecule has 2 N–H and O–H groups in total. The third kappa shape index (κ3) is 2.91. The number of aryl methyl sites for hydroxylation is 1. The average Bonchev–Trinajstić information content (AvgIpc) is 2.96. The minimum absolute atomic E-state index is 0.143. The van der Waals surface area contributed by atoms with Crippen LogP contribution in [-0.2, 0) is 4.79 Å². The molecule has 7 heteroatoms. The zero-order chi connectivity index (χ0) is 16.4. The first-order valence-corrected chi connectivity index (χ1v) is 7.84. The van der Waals surface area contributed by atoms with Gasteiger partial charge in [0.25, 0.3) is 5.91 Å². The Morgan fingerprint density at radius 2 is 2.09 bits per heavy atom. The Hall–Kier alpha value is -2.44. The van der Waals surface area contributed by atoms with Crippen molar-refractivity contribution < 1.29 is 14.7 Å². The smallest absolute Gasteiger partial charge is 0.311 e. The van der Waals surface area contributed by atoms with E-state index in [9.17, 15) is 14.7 Å². The summed E-state index contributed by atoms with van der Waals surface area (Å²) in [4.78, 5) is 28.4. The van der Waals surface area contributed by atoms with Gasteiger partial charge in [0.2, 0.25) is 0 Å². The van der Waals surface area contributed by atoms with Gasteiger partial charge >= 0.3 is 5.97 Å². The Balaban J connectivity index is 1.78. The summed E-state index contributed by atoms with van der Waals surface area (Å²) in [5, 5.41) is 16.4. The van der Waals surface area contributed by atoms with E-state index in [0.29, 0.717) is 24.1 Å². The van der Waals surface area contributed by atoms with Crippen LogP contribution in [0.15, 0.2) is 18.5 Å². The predicted molar refractivity (Wildman–Crippen MR) is 83.2 cm³/mol. The molecular weight excluding hydrogens is 296 g/mol. The van der Waals surface area contributed by atoms with Gasteiger partial charge in [-0.25, -0.2) is 9.50 Å². The standard InChI is InChI=1S/C16H20N4O3/c1-11-5-8-20-13(19-11)12(9-18-20)14(21)17-10-16(15(22)23)6-3-2-4-7-16/h5,8-9H,2-4,6-7,10H2,1H3,(H,17,21)(H,22,23). The van der Waals surface area contributed by atoms with Crippen LogP contribution in [0.2, 0.25) is 0 Å². The maximum atomic E-state index is 12.4. The fourth-order valence-corrected chi connectivity index (χ4v) is 3.16. The van der Waals surface area contributed by atoms with Gasteiger partial charge in [-0.2, -0.15) is 5.10 Å². The normalized spacial score (nSPS) is 17.1. The fourth-order valence-electron chi connectivity index (χ4n) is 3.16. The second kappa shape index (κ2) is 5.98. The van der Waals surface area contributed by atoms with E-state index in [0.717, 1.165) is 25.0 Å². The molecule has 0 aromatic carbocycles. The summed E-state index contributed by atoms with van der Waals surface area (Å²) in [5.41, 5.74) is 0.794. The quantitative estimate of drug-likeness (QED) is 0.896. The Bertz CT molecular complexity index is 747. The van der Waals surface area contributed by atoms with Gasteiger partial charge in [0.05, 0.1) is 11.6 Å². The van der Waals surface area contributed by atoms with E-state index in [1.807, 2.05) is 13.0 Å². The van der Waals surface area contributed by atoms with Crippen molar-refractivity contribution in [2.45, 2.75) is 39.0 Å². The number of nitrogens with one attached hydrogen (secondary N) is 1. The van der Waals surface area contributed by atoms with E-state index in [1.54, 1.807) is 6.20 Å². The van der Waals surface area contributed by atoms with Crippen molar-refractivity contribution in [2.24, 2.45) is 5.41 Å². The van der Waals surface area contributed by atoms with Crippen molar-refractivity contribution in [3.8, 4) is 0 Å². The summed E-state index contributed by atoms with van der Waals surface area (Å²) in [6.07, 6.45) is 7.25. The van der Waals surface area contributed by atoms with Crippen LogP contribution >= 0.6 is 0 Å². The molecule has 1 fully saturated rings. The highest BCUT2D eigenvalue weighted by Gasteiger charge is 2.40. The molecule has 1 saturated carbocycles. The molecule has 2 aromatic heterocycles. The summed E-state index contributed by atoms with van der Waals surface area (Å²) in [6.45, 7) is 1.99. The first-order chi connectivity index (χ1) is 11.0. The van der Waals surface area contributed by atoms with E-state index < -0.39 is 11.4 Å². The lowest BCUT2D eigenvalue weighted by atomic mass is 9.74. The topological polar surface area (TPSA) is 96.6 Å². The van der Waals surface area contributed by atoms with Gasteiger partial charge in [-0.1, -0.05) is 19.3 Å². The second-order valence-electron chi connectivity index (χ2n) is 6.22. The van der Waals surface area contributed by atoms with Crippen LogP contribution in [0, 0.1) is 12.3 Å². The van der Waals surface area contributed by atoms with Crippen molar-refractivity contribution in [3.05, 3.63) is 29.7 Å². The highest BCUT2D eigenvalue weighted by atomic mass is 16.4. The van der Waals surface area contributed by atoms with Gasteiger partial charge in [0.1, 0.15) is 5.56 Å². The number of rotatable bonds is 4. The number of aliphatic carboxylic acids is 1. The third-order valence-electron chi connectivity index (χ3n) is 4.60. The van der Waals surface area contributed by atoms with E-state index in [1.165, 1.54) is 10.7 Å². The van der Waals surface area contributed by atoms with Gasteiger partial charge in [-0.05, 0) is 25.8 Å². The van der Waals surface area contributed by atoms with Crippen molar-refractivity contribution >= 4 is 17.5 Å². The summed E-state index contributed by atoms with van der Waals surface area (Å²) < 4.78 is 1.54. The Kier molecular flexibility index (Phi) is 4.02. The molecule has 1 aliphatic carbocycles. The number of amides is 1. The highest BCUT2D eigenvalue weighted by Crippen LogP contribution is 2.36. The van der Waals surface area contributed by atoms with E-state index >= 15 is 0 Å². The molecule has 0 unspecified atom stereocenters. The summed E-state index contributed by atoms with van der Waals surface area (Å²) in [6, 6.07) is 1.81. The van der Waals surface area contributed by atoms with Crippen LogP contribution in [0.1, 0.15) is 48.2 Å². The van der Waals surface area contributed by atoms with Gasteiger partial charge < -0.3 is 10.4 Å². The Labute approximate surface area is 133 Å². The third-order valence-corrected chi connectivity index (χ3v) is 4.60. The van der Waals surface area contributed by atoms with Crippen LogP contribution < -0.4 is 5.32 Å². The molecule has 23 heavy (non-hydrogen) atoms. The first kappa shape index (κ1) is 15.5. The molecule has 0 saturated heterocycles. The van der Waals surface area contributed by atoms with Crippen LogP contribution in [0.3, 0.4) is 0 Å². The van der Waals surface area contributed by atoms with Crippen LogP contribution in [0.25, 0.3) is 5.65 Å². The lowest BCUT2D eigenvalue weighted by Crippen LogP contribution is -2.44. The van der Waals surface area contributed by atoms with Crippen molar-refractivity contribution in [1.82, 2.24) is 19.9 Å². The second-order valence-corrected chi connectivity index (χ2v) is 6.22. The maximum absolute atomic E-state index is 12.4. The zero-order valence-electron chi connectivity index (χ0n) is 13.1. The van der Waals surface area contributed by atoms with Gasteiger partial charge in [-0.15, -0.1) is 0 Å². The van der Waals surface area contributed by atoms with Crippen molar-refractivity contribution in [1.29, 1.82) is 0 Å². The molecule has 0 radical (unpaired) electrons. The monoisotopic (exact) mass is 316 g/mol. The average molecular weight is 316 g/mol. The van der Waals surface area contributed by atoms with E-state index in [-0.39, 0.29) is 12.5 Å². The SMILES string of the molecule is Cc1ccn2ncc(C(=O)NCC3(C(=O)O)CCCCC3)c2n1. The maximum Gasteiger partial charge on any atom is 0.311 e. The first-order valence-electron chi connectivity index (χ1n) is 7.84. The Morgan fingerprint density at radius 1 is 1.35 bits per heavy atom. The number of carboxylic acids is 1. The molecule has 2 aromatic rings. The number of aromatic nitrogens is 3. The number of nitrogens with zero attached hydrogens (tertiary/aromatic N) is 3. The highest BCUT2D eigenvalue weighted by molar-refractivity contribution is 5.99. The van der Waals surface area contributed by atoms with Crippen LogP contribution in [-0.4, -0.2) is 38.1 Å². The number of fused-ring (bicyclic) bond motifs is 1. The number of carboxylic acid groups (broad SMARTS) is 1. The van der Waals surface area contributed by atoms with Crippen molar-refractivity contribution in [2.75, 3.05) is 6.54 Å². The fraction of sp³-hybridized carbons (Fsp3) is 0.500. The molecule has 3 rings (SSSR count). The molecule has 7 nitrogen and oxygen atoms in total. The molecular formula is C16H20N4O3. The van der Waals surface area contributed by atoms with Gasteiger partial charge in [0, 0.05) is 18.4 Å².